The molecule has 142 valence electrons. The van der Waals surface area contributed by atoms with Crippen LogP contribution in [-0.4, -0.2) is 27.0 Å². The van der Waals surface area contributed by atoms with Crippen LogP contribution in [-0.2, 0) is 16.0 Å². The number of hydrogen-bond donors (Lipinski definition) is 1. The zero-order valence-electron chi connectivity index (χ0n) is 15.3. The summed E-state index contributed by atoms with van der Waals surface area (Å²) in [5, 5.41) is 3.36. The molecule has 28 heavy (non-hydrogen) atoms. The summed E-state index contributed by atoms with van der Waals surface area (Å²) in [7, 11) is 0. The highest BCUT2D eigenvalue weighted by Crippen LogP contribution is 2.27. The molecule has 0 atom stereocenters. The summed E-state index contributed by atoms with van der Waals surface area (Å²) in [6.45, 7) is 3.91. The molecule has 0 aliphatic rings. The minimum atomic E-state index is -0.243. The Morgan fingerprint density at radius 2 is 1.89 bits per heavy atom. The van der Waals surface area contributed by atoms with Crippen molar-refractivity contribution in [2.24, 2.45) is 0 Å². The number of nitrogens with zero attached hydrogens (tertiary/aromatic N) is 3. The molecular formula is C20H17ClN4O3. The number of carbonyl (C=O) groups excluding carboxylic acids is 3. The summed E-state index contributed by atoms with van der Waals surface area (Å²) in [6, 6.07) is 7.53. The van der Waals surface area contributed by atoms with Gasteiger partial charge in [-0.05, 0) is 42.7 Å². The molecule has 1 aromatic carbocycles. The number of hydrogen-bond acceptors (Lipinski definition) is 6. The molecule has 0 aliphatic carbocycles. The van der Waals surface area contributed by atoms with Crippen molar-refractivity contribution in [3.63, 3.8) is 0 Å². The van der Waals surface area contributed by atoms with E-state index in [0.29, 0.717) is 22.1 Å². The van der Waals surface area contributed by atoms with Gasteiger partial charge in [-0.3, -0.25) is 14.8 Å². The lowest BCUT2D eigenvalue weighted by molar-refractivity contribution is -0.191. The topological polar surface area (TPSA) is 102 Å². The first-order chi connectivity index (χ1) is 13.5. The van der Waals surface area contributed by atoms with Gasteiger partial charge >= 0.3 is 6.15 Å². The molecule has 0 bridgehead atoms. The Bertz CT molecular complexity index is 1000. The fourth-order valence-electron chi connectivity index (χ4n) is 2.43. The van der Waals surface area contributed by atoms with Crippen LogP contribution in [0.15, 0.2) is 49.1 Å². The first-order valence-electron chi connectivity index (χ1n) is 8.32. The van der Waals surface area contributed by atoms with Gasteiger partial charge in [0.1, 0.15) is 0 Å². The van der Waals surface area contributed by atoms with E-state index in [-0.39, 0.29) is 12.1 Å². The van der Waals surface area contributed by atoms with Crippen molar-refractivity contribution >= 4 is 29.5 Å². The van der Waals surface area contributed by atoms with E-state index >= 15 is 0 Å². The predicted octanol–water partition coefficient (Wildman–Crippen LogP) is 3.73. The van der Waals surface area contributed by atoms with Crippen LogP contribution in [0.4, 0.5) is 5.82 Å². The Hall–Kier alpha value is -3.41. The maximum atomic E-state index is 12.3. The number of benzene rings is 1. The van der Waals surface area contributed by atoms with Crippen molar-refractivity contribution in [1.29, 1.82) is 0 Å². The molecule has 1 amide bonds. The monoisotopic (exact) mass is 396 g/mol. The van der Waals surface area contributed by atoms with Gasteiger partial charge < -0.3 is 5.32 Å². The summed E-state index contributed by atoms with van der Waals surface area (Å²) < 4.78 is 0. The third kappa shape index (κ3) is 5.30. The number of aromatic nitrogens is 3. The van der Waals surface area contributed by atoms with Gasteiger partial charge in [-0.1, -0.05) is 24.6 Å². The minimum Gasteiger partial charge on any atom is -0.305 e. The Morgan fingerprint density at radius 1 is 1.14 bits per heavy atom. The van der Waals surface area contributed by atoms with E-state index in [1.165, 1.54) is 11.8 Å². The summed E-state index contributed by atoms with van der Waals surface area (Å²) in [5.41, 5.74) is 4.02. The third-order valence-electron chi connectivity index (χ3n) is 3.87. The lowest BCUT2D eigenvalue weighted by atomic mass is 10.1. The maximum Gasteiger partial charge on any atom is 0.373 e. The molecule has 3 aromatic rings. The van der Waals surface area contributed by atoms with E-state index in [9.17, 15) is 4.79 Å². The highest BCUT2D eigenvalue weighted by atomic mass is 35.5. The van der Waals surface area contributed by atoms with Crippen molar-refractivity contribution < 1.29 is 14.4 Å². The molecule has 0 spiro atoms. The van der Waals surface area contributed by atoms with E-state index in [1.54, 1.807) is 24.7 Å². The number of aryl methyl sites for hydroxylation is 2. The Kier molecular flexibility index (Phi) is 7.51. The number of halogens is 1. The second-order valence-electron chi connectivity index (χ2n) is 5.68. The van der Waals surface area contributed by atoms with Crippen LogP contribution in [0.25, 0.3) is 11.3 Å². The number of rotatable bonds is 4. The van der Waals surface area contributed by atoms with E-state index < -0.39 is 0 Å². The predicted molar refractivity (Wildman–Crippen MR) is 104 cm³/mol. The molecule has 2 aromatic heterocycles. The van der Waals surface area contributed by atoms with E-state index in [0.717, 1.165) is 17.5 Å². The fourth-order valence-corrected chi connectivity index (χ4v) is 2.65. The summed E-state index contributed by atoms with van der Waals surface area (Å²) in [5.74, 6) is 0.140. The zero-order valence-corrected chi connectivity index (χ0v) is 16.0. The van der Waals surface area contributed by atoms with Gasteiger partial charge in [-0.25, -0.2) is 4.98 Å². The highest BCUT2D eigenvalue weighted by molar-refractivity contribution is 6.33. The van der Waals surface area contributed by atoms with Crippen LogP contribution in [0.3, 0.4) is 0 Å². The molecule has 0 unspecified atom stereocenters. The maximum absolute atomic E-state index is 12.3. The van der Waals surface area contributed by atoms with Gasteiger partial charge in [0.25, 0.3) is 5.91 Å². The molecule has 0 fully saturated rings. The number of carbonyl (C=O) groups is 1. The van der Waals surface area contributed by atoms with Crippen molar-refractivity contribution in [2.45, 2.75) is 20.3 Å². The second-order valence-corrected chi connectivity index (χ2v) is 6.09. The van der Waals surface area contributed by atoms with Crippen LogP contribution in [0.2, 0.25) is 5.02 Å². The third-order valence-corrected chi connectivity index (χ3v) is 4.20. The largest absolute Gasteiger partial charge is 0.373 e. The van der Waals surface area contributed by atoms with Crippen LogP contribution in [0, 0.1) is 6.92 Å². The van der Waals surface area contributed by atoms with Gasteiger partial charge in [0.15, 0.2) is 5.82 Å². The average molecular weight is 397 g/mol. The zero-order chi connectivity index (χ0) is 20.5. The number of nitrogens with one attached hydrogen (secondary N) is 1. The lowest BCUT2D eigenvalue weighted by Gasteiger charge is -2.08. The Balaban J connectivity index is 0.000000878. The minimum absolute atomic E-state index is 0.243. The molecule has 8 heteroatoms. The first kappa shape index (κ1) is 20.9. The molecule has 3 rings (SSSR count). The van der Waals surface area contributed by atoms with Crippen molar-refractivity contribution in [3.05, 3.63) is 70.8 Å². The van der Waals surface area contributed by atoms with Gasteiger partial charge in [-0.2, -0.15) is 9.59 Å². The van der Waals surface area contributed by atoms with Crippen LogP contribution in [0.5, 0.6) is 0 Å². The van der Waals surface area contributed by atoms with Crippen LogP contribution in [0.1, 0.15) is 28.4 Å². The van der Waals surface area contributed by atoms with Gasteiger partial charge in [0, 0.05) is 23.5 Å². The molecule has 0 radical (unpaired) electrons. The van der Waals surface area contributed by atoms with Crippen molar-refractivity contribution in [1.82, 2.24) is 15.0 Å². The number of pyridine rings is 1. The smallest absolute Gasteiger partial charge is 0.305 e. The van der Waals surface area contributed by atoms with Crippen molar-refractivity contribution in [3.8, 4) is 11.3 Å². The van der Waals surface area contributed by atoms with Gasteiger partial charge in [-0.15, -0.1) is 0 Å². The normalized spacial score (nSPS) is 9.68. The summed E-state index contributed by atoms with van der Waals surface area (Å²) >= 11 is 6.27. The Labute approximate surface area is 166 Å². The second kappa shape index (κ2) is 10.1. The van der Waals surface area contributed by atoms with Gasteiger partial charge in [0.05, 0.1) is 23.1 Å². The molecular weight excluding hydrogens is 380 g/mol. The van der Waals surface area contributed by atoms with E-state index in [1.807, 2.05) is 25.1 Å². The molecule has 0 aliphatic heterocycles. The molecule has 7 nitrogen and oxygen atoms in total. The van der Waals surface area contributed by atoms with Crippen LogP contribution >= 0.6 is 11.6 Å². The molecule has 0 saturated carbocycles. The Morgan fingerprint density at radius 3 is 2.50 bits per heavy atom. The lowest BCUT2D eigenvalue weighted by Crippen LogP contribution is -2.14. The molecule has 1 N–H and O–H groups in total. The standard InChI is InChI=1S/C19H17ClN4O.CO2/c1-3-13-4-5-16(20)15(8-13)17-10-23-18(11-22-17)24-19(25)14-6-7-21-9-12(14)2;2-1-3/h4-11H,3H2,1-2H3,(H,23,24,25);. The van der Waals surface area contributed by atoms with Gasteiger partial charge in [0.2, 0.25) is 0 Å². The highest BCUT2D eigenvalue weighted by Gasteiger charge is 2.11. The van der Waals surface area contributed by atoms with E-state index in [2.05, 4.69) is 27.2 Å². The molecule has 2 heterocycles. The first-order valence-corrected chi connectivity index (χ1v) is 8.70. The van der Waals surface area contributed by atoms with Crippen molar-refractivity contribution in [2.75, 3.05) is 5.32 Å². The number of anilines is 1. The number of amides is 1. The fraction of sp³-hybridized carbons (Fsp3) is 0.150. The van der Waals surface area contributed by atoms with E-state index in [4.69, 9.17) is 21.2 Å². The average Bonchev–Trinajstić information content (AvgIpc) is 2.70. The summed E-state index contributed by atoms with van der Waals surface area (Å²) in [4.78, 5) is 41.2. The quantitative estimate of drug-likeness (QED) is 0.720. The SMILES string of the molecule is CCc1ccc(Cl)c(-c2cnc(NC(=O)c3ccncc3C)cn2)c1.O=C=O. The summed E-state index contributed by atoms with van der Waals surface area (Å²) in [6.07, 6.45) is 7.53. The molecule has 0 saturated heterocycles. The van der Waals surface area contributed by atoms with Crippen LogP contribution < -0.4 is 5.32 Å².